The number of aliphatic carboxylic acids is 1. The van der Waals surface area contributed by atoms with Crippen molar-refractivity contribution in [3.63, 3.8) is 0 Å². The summed E-state index contributed by atoms with van der Waals surface area (Å²) in [5, 5.41) is 13.3. The first-order chi connectivity index (χ1) is 19.8. The summed E-state index contributed by atoms with van der Waals surface area (Å²) in [5.41, 5.74) is 1.31. The summed E-state index contributed by atoms with van der Waals surface area (Å²) in [6, 6.07) is 12.0. The summed E-state index contributed by atoms with van der Waals surface area (Å²) in [6.07, 6.45) is 5.38. The van der Waals surface area contributed by atoms with Crippen molar-refractivity contribution in [3.05, 3.63) is 53.9 Å². The van der Waals surface area contributed by atoms with E-state index < -0.39 is 27.4 Å². The molecule has 2 aliphatic carbocycles. The van der Waals surface area contributed by atoms with Crippen LogP contribution in [-0.2, 0) is 21.9 Å². The van der Waals surface area contributed by atoms with Crippen molar-refractivity contribution >= 4 is 38.5 Å². The SMILES string of the molecule is Cn1c(C(=O)NC2CC(C(=O)O)C2)cc(-c2ccc(S(=O)(=O)NC(C)(C)C)c3ccccc23)c1C(=O)C1CCCCC1. The van der Waals surface area contributed by atoms with Gasteiger partial charge in [0.25, 0.3) is 5.91 Å². The Bertz CT molecular complexity index is 1660. The number of carboxylic acids is 1. The number of carbonyl (C=O) groups excluding carboxylic acids is 2. The van der Waals surface area contributed by atoms with Gasteiger partial charge >= 0.3 is 5.97 Å². The number of aromatic nitrogens is 1. The molecule has 3 aromatic rings. The van der Waals surface area contributed by atoms with Crippen LogP contribution in [0.4, 0.5) is 0 Å². The predicted octanol–water partition coefficient (Wildman–Crippen LogP) is 5.28. The van der Waals surface area contributed by atoms with Crippen LogP contribution in [0.5, 0.6) is 0 Å². The van der Waals surface area contributed by atoms with E-state index in [9.17, 15) is 27.9 Å². The van der Waals surface area contributed by atoms with E-state index in [1.807, 2.05) is 12.1 Å². The van der Waals surface area contributed by atoms with Crippen LogP contribution in [0, 0.1) is 11.8 Å². The fourth-order valence-electron chi connectivity index (χ4n) is 6.28. The number of carbonyl (C=O) groups is 3. The first-order valence-electron chi connectivity index (χ1n) is 14.6. The molecule has 3 N–H and O–H groups in total. The Morgan fingerprint density at radius 1 is 0.905 bits per heavy atom. The van der Waals surface area contributed by atoms with Gasteiger partial charge in [0.1, 0.15) is 5.69 Å². The van der Waals surface area contributed by atoms with Crippen LogP contribution in [0.3, 0.4) is 0 Å². The maximum atomic E-state index is 14.1. The Hall–Kier alpha value is -3.50. The number of rotatable bonds is 8. The number of benzene rings is 2. The second kappa shape index (κ2) is 11.3. The maximum absolute atomic E-state index is 14.1. The molecule has 5 rings (SSSR count). The molecule has 2 aliphatic rings. The van der Waals surface area contributed by atoms with Crippen molar-refractivity contribution in [2.75, 3.05) is 0 Å². The third-order valence-electron chi connectivity index (χ3n) is 8.40. The summed E-state index contributed by atoms with van der Waals surface area (Å²) < 4.78 is 31.1. The summed E-state index contributed by atoms with van der Waals surface area (Å²) in [5.74, 6) is -1.86. The van der Waals surface area contributed by atoms with E-state index in [2.05, 4.69) is 10.0 Å². The molecule has 1 aromatic heterocycles. The highest BCUT2D eigenvalue weighted by molar-refractivity contribution is 7.89. The molecule has 0 aliphatic heterocycles. The molecule has 2 fully saturated rings. The fraction of sp³-hybridized carbons (Fsp3) is 0.469. The van der Waals surface area contributed by atoms with Crippen molar-refractivity contribution < 1.29 is 27.9 Å². The topological polar surface area (TPSA) is 135 Å². The van der Waals surface area contributed by atoms with Gasteiger partial charge in [0.2, 0.25) is 10.0 Å². The molecule has 0 bridgehead atoms. The Labute approximate surface area is 246 Å². The molecule has 10 heteroatoms. The number of fused-ring (bicyclic) bond motifs is 1. The van der Waals surface area contributed by atoms with Crippen molar-refractivity contribution in [1.29, 1.82) is 0 Å². The van der Waals surface area contributed by atoms with Gasteiger partial charge in [0.05, 0.1) is 16.5 Å². The van der Waals surface area contributed by atoms with Crippen LogP contribution in [-0.4, -0.2) is 47.3 Å². The lowest BCUT2D eigenvalue weighted by Gasteiger charge is -2.32. The second-order valence-corrected chi connectivity index (χ2v) is 14.4. The molecule has 0 spiro atoms. The van der Waals surface area contributed by atoms with Crippen molar-refractivity contribution in [1.82, 2.24) is 14.6 Å². The zero-order valence-corrected chi connectivity index (χ0v) is 25.4. The number of nitrogens with zero attached hydrogens (tertiary/aromatic N) is 1. The number of hydrogen-bond donors (Lipinski definition) is 3. The molecule has 42 heavy (non-hydrogen) atoms. The molecule has 0 radical (unpaired) electrons. The van der Waals surface area contributed by atoms with Crippen LogP contribution < -0.4 is 10.0 Å². The summed E-state index contributed by atoms with van der Waals surface area (Å²) >= 11 is 0. The molecule has 224 valence electrons. The van der Waals surface area contributed by atoms with E-state index in [1.54, 1.807) is 62.7 Å². The molecule has 1 amide bonds. The minimum atomic E-state index is -3.85. The normalized spacial score (nSPS) is 19.8. The Morgan fingerprint density at radius 2 is 1.55 bits per heavy atom. The lowest BCUT2D eigenvalue weighted by molar-refractivity contribution is -0.145. The average Bonchev–Trinajstić information content (AvgIpc) is 3.24. The van der Waals surface area contributed by atoms with Crippen LogP contribution >= 0.6 is 0 Å². The van der Waals surface area contributed by atoms with Crippen LogP contribution in [0.1, 0.15) is 86.7 Å². The third kappa shape index (κ3) is 5.87. The minimum absolute atomic E-state index is 0.0176. The number of Topliss-reactive ketones (excluding diaryl/α,β-unsaturated/α-hetero) is 1. The van der Waals surface area contributed by atoms with E-state index >= 15 is 0 Å². The van der Waals surface area contributed by atoms with E-state index in [1.165, 1.54) is 0 Å². The number of nitrogens with one attached hydrogen (secondary N) is 2. The zero-order chi connectivity index (χ0) is 30.4. The van der Waals surface area contributed by atoms with Crippen molar-refractivity contribution in [2.45, 2.75) is 82.2 Å². The summed E-state index contributed by atoms with van der Waals surface area (Å²) in [4.78, 5) is 38.9. The summed E-state index contributed by atoms with van der Waals surface area (Å²) in [6.45, 7) is 5.35. The van der Waals surface area contributed by atoms with Gasteiger partial charge in [-0.2, -0.15) is 0 Å². The van der Waals surface area contributed by atoms with Gasteiger partial charge in [-0.15, -0.1) is 0 Å². The molecule has 1 heterocycles. The first-order valence-corrected chi connectivity index (χ1v) is 16.1. The number of ketones is 1. The van der Waals surface area contributed by atoms with Crippen LogP contribution in [0.2, 0.25) is 0 Å². The monoisotopic (exact) mass is 593 g/mol. The smallest absolute Gasteiger partial charge is 0.306 e. The molecular weight excluding hydrogens is 554 g/mol. The highest BCUT2D eigenvalue weighted by atomic mass is 32.2. The average molecular weight is 594 g/mol. The zero-order valence-electron chi connectivity index (χ0n) is 24.6. The summed E-state index contributed by atoms with van der Waals surface area (Å²) in [7, 11) is -2.14. The van der Waals surface area contributed by atoms with Gasteiger partial charge in [-0.3, -0.25) is 14.4 Å². The fourth-order valence-corrected chi connectivity index (χ4v) is 7.91. The quantitative estimate of drug-likeness (QED) is 0.304. The molecule has 9 nitrogen and oxygen atoms in total. The number of sulfonamides is 1. The second-order valence-electron chi connectivity index (χ2n) is 12.7. The van der Waals surface area contributed by atoms with Gasteiger partial charge in [0, 0.05) is 35.5 Å². The standard InChI is InChI=1S/C32H39N3O6S/c1-32(2,3)34-42(40,41)27-15-14-23(22-12-8-9-13-24(22)27)25-18-26(30(37)33-21-16-20(17-21)31(38)39)35(4)28(25)29(36)19-10-6-5-7-11-19/h8-9,12-15,18-21,34H,5-7,10-11,16-17H2,1-4H3,(H,33,37)(H,38,39). The van der Waals surface area contributed by atoms with Crippen molar-refractivity contribution in [3.8, 4) is 11.1 Å². The maximum Gasteiger partial charge on any atom is 0.306 e. The van der Waals surface area contributed by atoms with Crippen LogP contribution in [0.25, 0.3) is 21.9 Å². The predicted molar refractivity (Wildman–Crippen MR) is 161 cm³/mol. The molecular formula is C32H39N3O6S. The first kappa shape index (κ1) is 30.0. The molecule has 2 saturated carbocycles. The number of carboxylic acid groups (broad SMARTS) is 1. The molecule has 2 aromatic carbocycles. The molecule has 0 unspecified atom stereocenters. The van der Waals surface area contributed by atoms with Gasteiger partial charge in [-0.1, -0.05) is 49.6 Å². The highest BCUT2D eigenvalue weighted by Gasteiger charge is 2.37. The van der Waals surface area contributed by atoms with Crippen LogP contribution in [0.15, 0.2) is 47.4 Å². The number of amides is 1. The Kier molecular flexibility index (Phi) is 8.06. The van der Waals surface area contributed by atoms with Gasteiger partial charge in [0.15, 0.2) is 5.78 Å². The molecule has 0 atom stereocenters. The van der Waals surface area contributed by atoms with Gasteiger partial charge in [-0.25, -0.2) is 13.1 Å². The molecule has 0 saturated heterocycles. The van der Waals surface area contributed by atoms with E-state index in [0.717, 1.165) is 32.1 Å². The van der Waals surface area contributed by atoms with Gasteiger partial charge in [-0.05, 0) is 69.5 Å². The van der Waals surface area contributed by atoms with Gasteiger partial charge < -0.3 is 15.0 Å². The Morgan fingerprint density at radius 3 is 2.17 bits per heavy atom. The Balaban J connectivity index is 1.62. The third-order valence-corrected chi connectivity index (χ3v) is 10.2. The van der Waals surface area contributed by atoms with E-state index in [0.29, 0.717) is 46.1 Å². The lowest BCUT2D eigenvalue weighted by Crippen LogP contribution is -2.47. The lowest BCUT2D eigenvalue weighted by atomic mass is 9.80. The largest absolute Gasteiger partial charge is 0.481 e. The van der Waals surface area contributed by atoms with E-state index in [4.69, 9.17) is 0 Å². The highest BCUT2D eigenvalue weighted by Crippen LogP contribution is 2.39. The van der Waals surface area contributed by atoms with Crippen molar-refractivity contribution in [2.24, 2.45) is 18.9 Å². The minimum Gasteiger partial charge on any atom is -0.481 e. The number of hydrogen-bond acceptors (Lipinski definition) is 5. The van der Waals surface area contributed by atoms with E-state index in [-0.39, 0.29) is 28.5 Å².